The summed E-state index contributed by atoms with van der Waals surface area (Å²) in [6.45, 7) is 4.11. The maximum Gasteiger partial charge on any atom is 0.163 e. The Labute approximate surface area is 83.8 Å². The summed E-state index contributed by atoms with van der Waals surface area (Å²) < 4.78 is 11.5. The second kappa shape index (κ2) is 3.40. The minimum absolute atomic E-state index is 0.108. The molecule has 14 heavy (non-hydrogen) atoms. The molecule has 1 aromatic carbocycles. The highest BCUT2D eigenvalue weighted by molar-refractivity contribution is 5.52. The van der Waals surface area contributed by atoms with Crippen LogP contribution in [0.25, 0.3) is 0 Å². The number of nitrogen functional groups attached to an aromatic ring is 1. The number of benzene rings is 1. The Bertz CT molecular complexity index is 338. The summed E-state index contributed by atoms with van der Waals surface area (Å²) in [7, 11) is 0. The lowest BCUT2D eigenvalue weighted by molar-refractivity contribution is 0.0297. The molecule has 76 valence electrons. The lowest BCUT2D eigenvalue weighted by Crippen LogP contribution is -2.36. The third-order valence-electron chi connectivity index (χ3n) is 2.48. The van der Waals surface area contributed by atoms with E-state index in [9.17, 15) is 0 Å². The lowest BCUT2D eigenvalue weighted by Gasteiger charge is -2.31. The van der Waals surface area contributed by atoms with Gasteiger partial charge in [-0.1, -0.05) is 6.92 Å². The normalized spacial score (nSPS) is 24.7. The molecule has 1 aliphatic rings. The van der Waals surface area contributed by atoms with Gasteiger partial charge in [-0.3, -0.25) is 0 Å². The molecular weight excluding hydrogens is 178 g/mol. The Balaban J connectivity index is 2.31. The molecule has 2 N–H and O–H groups in total. The number of anilines is 1. The molecule has 1 heterocycles. The van der Waals surface area contributed by atoms with Crippen LogP contribution in [-0.4, -0.2) is 12.2 Å². The van der Waals surface area contributed by atoms with E-state index < -0.39 is 0 Å². The van der Waals surface area contributed by atoms with Crippen molar-refractivity contribution in [3.05, 3.63) is 18.2 Å². The Hall–Kier alpha value is -1.38. The van der Waals surface area contributed by atoms with E-state index in [1.165, 1.54) is 0 Å². The first-order chi connectivity index (χ1) is 6.70. The SMILES string of the molecule is CCC1Oc2cc(N)ccc2OC1C. The van der Waals surface area contributed by atoms with E-state index in [1.807, 2.05) is 25.1 Å². The molecule has 0 saturated heterocycles. The van der Waals surface area contributed by atoms with E-state index in [4.69, 9.17) is 15.2 Å². The molecule has 0 aromatic heterocycles. The van der Waals surface area contributed by atoms with Gasteiger partial charge in [0.1, 0.15) is 12.2 Å². The number of hydrogen-bond donors (Lipinski definition) is 1. The van der Waals surface area contributed by atoms with Crippen LogP contribution in [0, 0.1) is 0 Å². The predicted octanol–water partition coefficient (Wildman–Crippen LogP) is 2.21. The van der Waals surface area contributed by atoms with Gasteiger partial charge >= 0.3 is 0 Å². The standard InChI is InChI=1S/C11H15NO2/c1-3-9-7(2)13-10-5-4-8(12)6-11(10)14-9/h4-7,9H,3,12H2,1-2H3. The lowest BCUT2D eigenvalue weighted by atomic mass is 10.1. The first-order valence-corrected chi connectivity index (χ1v) is 4.93. The number of rotatable bonds is 1. The van der Waals surface area contributed by atoms with Gasteiger partial charge in [-0.2, -0.15) is 0 Å². The average molecular weight is 193 g/mol. The summed E-state index contributed by atoms with van der Waals surface area (Å²) in [5.41, 5.74) is 6.37. The summed E-state index contributed by atoms with van der Waals surface area (Å²) >= 11 is 0. The van der Waals surface area contributed by atoms with E-state index in [-0.39, 0.29) is 12.2 Å². The van der Waals surface area contributed by atoms with Gasteiger partial charge in [0.05, 0.1) is 0 Å². The van der Waals surface area contributed by atoms with E-state index in [0.717, 1.165) is 17.9 Å². The van der Waals surface area contributed by atoms with E-state index >= 15 is 0 Å². The Morgan fingerprint density at radius 2 is 2.07 bits per heavy atom. The van der Waals surface area contributed by atoms with E-state index in [2.05, 4.69) is 6.92 Å². The fraction of sp³-hybridized carbons (Fsp3) is 0.455. The number of hydrogen-bond acceptors (Lipinski definition) is 3. The molecule has 1 aromatic rings. The molecular formula is C11H15NO2. The molecule has 0 bridgehead atoms. The van der Waals surface area contributed by atoms with Gasteiger partial charge in [-0.25, -0.2) is 0 Å². The zero-order valence-corrected chi connectivity index (χ0v) is 8.49. The molecule has 2 unspecified atom stereocenters. The second-order valence-electron chi connectivity index (χ2n) is 3.59. The second-order valence-corrected chi connectivity index (χ2v) is 3.59. The number of ether oxygens (including phenoxy) is 2. The summed E-state index contributed by atoms with van der Waals surface area (Å²) in [5, 5.41) is 0. The van der Waals surface area contributed by atoms with Crippen molar-refractivity contribution >= 4 is 5.69 Å². The largest absolute Gasteiger partial charge is 0.483 e. The van der Waals surface area contributed by atoms with Crippen LogP contribution in [0.2, 0.25) is 0 Å². The van der Waals surface area contributed by atoms with Gasteiger partial charge in [0.15, 0.2) is 11.5 Å². The highest BCUT2D eigenvalue weighted by Gasteiger charge is 2.26. The Morgan fingerprint density at radius 3 is 2.79 bits per heavy atom. The van der Waals surface area contributed by atoms with Crippen molar-refractivity contribution < 1.29 is 9.47 Å². The van der Waals surface area contributed by atoms with Crippen LogP contribution in [0.1, 0.15) is 20.3 Å². The zero-order valence-electron chi connectivity index (χ0n) is 8.49. The first-order valence-electron chi connectivity index (χ1n) is 4.93. The van der Waals surface area contributed by atoms with Crippen molar-refractivity contribution in [1.29, 1.82) is 0 Å². The van der Waals surface area contributed by atoms with Crippen LogP contribution in [0.4, 0.5) is 5.69 Å². The van der Waals surface area contributed by atoms with Gasteiger partial charge in [-0.05, 0) is 25.5 Å². The zero-order chi connectivity index (χ0) is 10.1. The minimum Gasteiger partial charge on any atom is -0.483 e. The molecule has 3 nitrogen and oxygen atoms in total. The van der Waals surface area contributed by atoms with Crippen LogP contribution in [0.5, 0.6) is 11.5 Å². The summed E-state index contributed by atoms with van der Waals surface area (Å²) in [6.07, 6.45) is 1.18. The number of fused-ring (bicyclic) bond motifs is 1. The van der Waals surface area contributed by atoms with Gasteiger partial charge in [-0.15, -0.1) is 0 Å². The van der Waals surface area contributed by atoms with Gasteiger partial charge in [0, 0.05) is 11.8 Å². The van der Waals surface area contributed by atoms with Crippen molar-refractivity contribution in [2.45, 2.75) is 32.5 Å². The monoisotopic (exact) mass is 193 g/mol. The Kier molecular flexibility index (Phi) is 2.23. The summed E-state index contributed by atoms with van der Waals surface area (Å²) in [4.78, 5) is 0. The molecule has 0 spiro atoms. The van der Waals surface area contributed by atoms with Crippen molar-refractivity contribution in [3.8, 4) is 11.5 Å². The molecule has 0 fully saturated rings. The van der Waals surface area contributed by atoms with Crippen molar-refractivity contribution in [3.63, 3.8) is 0 Å². The topological polar surface area (TPSA) is 44.5 Å². The maximum absolute atomic E-state index is 5.77. The first kappa shape index (κ1) is 9.19. The highest BCUT2D eigenvalue weighted by Crippen LogP contribution is 2.35. The Morgan fingerprint density at radius 1 is 1.29 bits per heavy atom. The summed E-state index contributed by atoms with van der Waals surface area (Å²) in [6, 6.07) is 5.48. The average Bonchev–Trinajstić information content (AvgIpc) is 2.17. The van der Waals surface area contributed by atoms with Crippen LogP contribution in [0.3, 0.4) is 0 Å². The molecule has 0 saturated carbocycles. The fourth-order valence-corrected chi connectivity index (χ4v) is 1.66. The quantitative estimate of drug-likeness (QED) is 0.695. The third kappa shape index (κ3) is 1.50. The smallest absolute Gasteiger partial charge is 0.163 e. The molecule has 0 amide bonds. The van der Waals surface area contributed by atoms with Crippen LogP contribution in [0.15, 0.2) is 18.2 Å². The highest BCUT2D eigenvalue weighted by atomic mass is 16.6. The van der Waals surface area contributed by atoms with Crippen molar-refractivity contribution in [1.82, 2.24) is 0 Å². The molecule has 2 atom stereocenters. The van der Waals surface area contributed by atoms with Crippen LogP contribution < -0.4 is 15.2 Å². The minimum atomic E-state index is 0.108. The summed E-state index contributed by atoms with van der Waals surface area (Å²) in [5.74, 6) is 1.55. The molecule has 0 radical (unpaired) electrons. The predicted molar refractivity (Wildman–Crippen MR) is 55.7 cm³/mol. The third-order valence-corrected chi connectivity index (χ3v) is 2.48. The van der Waals surface area contributed by atoms with E-state index in [0.29, 0.717) is 5.69 Å². The van der Waals surface area contributed by atoms with Crippen molar-refractivity contribution in [2.75, 3.05) is 5.73 Å². The van der Waals surface area contributed by atoms with Crippen LogP contribution in [-0.2, 0) is 0 Å². The van der Waals surface area contributed by atoms with Gasteiger partial charge in [0.2, 0.25) is 0 Å². The fourth-order valence-electron chi connectivity index (χ4n) is 1.66. The van der Waals surface area contributed by atoms with Crippen LogP contribution >= 0.6 is 0 Å². The van der Waals surface area contributed by atoms with E-state index in [1.54, 1.807) is 0 Å². The molecule has 0 aliphatic carbocycles. The van der Waals surface area contributed by atoms with Crippen molar-refractivity contribution in [2.24, 2.45) is 0 Å². The molecule has 2 rings (SSSR count). The molecule has 3 heteroatoms. The van der Waals surface area contributed by atoms with Gasteiger partial charge < -0.3 is 15.2 Å². The number of nitrogens with two attached hydrogens (primary N) is 1. The maximum atomic E-state index is 5.77. The van der Waals surface area contributed by atoms with Gasteiger partial charge in [0.25, 0.3) is 0 Å². The molecule has 1 aliphatic heterocycles.